The van der Waals surface area contributed by atoms with Crippen LogP contribution in [0.2, 0.25) is 0 Å². The first-order chi connectivity index (χ1) is 8.81. The lowest BCUT2D eigenvalue weighted by Crippen LogP contribution is -2.18. The lowest BCUT2D eigenvalue weighted by Gasteiger charge is -2.17. The van der Waals surface area contributed by atoms with E-state index in [0.29, 0.717) is 6.04 Å². The van der Waals surface area contributed by atoms with Gasteiger partial charge in [-0.25, -0.2) is 4.98 Å². The molecule has 1 fully saturated rings. The van der Waals surface area contributed by atoms with E-state index < -0.39 is 0 Å². The minimum absolute atomic E-state index is 0.397. The van der Waals surface area contributed by atoms with Gasteiger partial charge in [-0.15, -0.1) is 11.3 Å². The maximum absolute atomic E-state index is 4.88. The summed E-state index contributed by atoms with van der Waals surface area (Å²) in [7, 11) is 0. The summed E-state index contributed by atoms with van der Waals surface area (Å²) in [5.74, 6) is 0.734. The molecule has 1 aromatic rings. The van der Waals surface area contributed by atoms with Gasteiger partial charge in [-0.3, -0.25) is 0 Å². The van der Waals surface area contributed by atoms with Crippen LogP contribution in [0.1, 0.15) is 81.5 Å². The standard InChI is InChI=1S/C15H26N2S/c1-3-16-12(2)14-11-18-15(17-14)13-9-7-5-4-6-8-10-13/h11-13,16H,3-10H2,1-2H3. The molecule has 0 amide bonds. The van der Waals surface area contributed by atoms with E-state index in [1.165, 1.54) is 55.6 Å². The van der Waals surface area contributed by atoms with Crippen LogP contribution in [0.15, 0.2) is 5.38 Å². The van der Waals surface area contributed by atoms with Gasteiger partial charge in [0, 0.05) is 17.3 Å². The van der Waals surface area contributed by atoms with Gasteiger partial charge in [0.25, 0.3) is 0 Å². The van der Waals surface area contributed by atoms with E-state index in [2.05, 4.69) is 24.5 Å². The molecular formula is C15H26N2S. The fourth-order valence-electron chi connectivity index (χ4n) is 2.80. The maximum atomic E-state index is 4.88. The Morgan fingerprint density at radius 2 is 1.94 bits per heavy atom. The van der Waals surface area contributed by atoms with Crippen molar-refractivity contribution in [1.29, 1.82) is 0 Å². The van der Waals surface area contributed by atoms with E-state index >= 15 is 0 Å². The third-order valence-electron chi connectivity index (χ3n) is 3.95. The Kier molecular flexibility index (Phi) is 5.64. The van der Waals surface area contributed by atoms with Crippen LogP contribution in [-0.4, -0.2) is 11.5 Å². The van der Waals surface area contributed by atoms with Crippen LogP contribution in [0.25, 0.3) is 0 Å². The van der Waals surface area contributed by atoms with Crippen molar-refractivity contribution in [1.82, 2.24) is 10.3 Å². The Hall–Kier alpha value is -0.410. The van der Waals surface area contributed by atoms with Gasteiger partial charge in [-0.05, 0) is 26.3 Å². The van der Waals surface area contributed by atoms with E-state index in [9.17, 15) is 0 Å². The number of thiazole rings is 1. The molecule has 1 heterocycles. The van der Waals surface area contributed by atoms with Crippen molar-refractivity contribution in [2.24, 2.45) is 0 Å². The fourth-order valence-corrected chi connectivity index (χ4v) is 3.89. The molecule has 1 unspecified atom stereocenters. The molecule has 102 valence electrons. The lowest BCUT2D eigenvalue weighted by atomic mass is 9.92. The summed E-state index contributed by atoms with van der Waals surface area (Å²) in [6.45, 7) is 5.37. The van der Waals surface area contributed by atoms with Crippen LogP contribution >= 0.6 is 11.3 Å². The lowest BCUT2D eigenvalue weighted by molar-refractivity contribution is 0.453. The van der Waals surface area contributed by atoms with Crippen LogP contribution in [0, 0.1) is 0 Å². The summed E-state index contributed by atoms with van der Waals surface area (Å²) in [4.78, 5) is 4.88. The zero-order valence-electron chi connectivity index (χ0n) is 11.7. The summed E-state index contributed by atoms with van der Waals surface area (Å²) in [5.41, 5.74) is 1.24. The van der Waals surface area contributed by atoms with Crippen molar-refractivity contribution in [2.45, 2.75) is 70.8 Å². The van der Waals surface area contributed by atoms with Crippen molar-refractivity contribution < 1.29 is 0 Å². The second-order valence-corrected chi connectivity index (χ2v) is 6.32. The van der Waals surface area contributed by atoms with E-state index in [0.717, 1.165) is 12.5 Å². The highest BCUT2D eigenvalue weighted by molar-refractivity contribution is 7.09. The van der Waals surface area contributed by atoms with E-state index in [-0.39, 0.29) is 0 Å². The quantitative estimate of drug-likeness (QED) is 0.858. The Morgan fingerprint density at radius 1 is 1.28 bits per heavy atom. The van der Waals surface area contributed by atoms with Crippen molar-refractivity contribution in [3.8, 4) is 0 Å². The van der Waals surface area contributed by atoms with Crippen LogP contribution in [0.3, 0.4) is 0 Å². The van der Waals surface area contributed by atoms with Gasteiger partial charge in [0.1, 0.15) is 0 Å². The van der Waals surface area contributed by atoms with Crippen LogP contribution < -0.4 is 5.32 Å². The SMILES string of the molecule is CCNC(C)c1csc(C2CCCCCCC2)n1. The molecule has 1 N–H and O–H groups in total. The van der Waals surface area contributed by atoms with Crippen molar-refractivity contribution >= 4 is 11.3 Å². The monoisotopic (exact) mass is 266 g/mol. The Bertz CT molecular complexity index is 340. The molecule has 1 aromatic heterocycles. The maximum Gasteiger partial charge on any atom is 0.0959 e. The topological polar surface area (TPSA) is 24.9 Å². The normalized spacial score (nSPS) is 20.3. The molecular weight excluding hydrogens is 240 g/mol. The molecule has 3 heteroatoms. The number of hydrogen-bond donors (Lipinski definition) is 1. The van der Waals surface area contributed by atoms with E-state index in [1.807, 2.05) is 11.3 Å². The van der Waals surface area contributed by atoms with Crippen LogP contribution in [-0.2, 0) is 0 Å². The summed E-state index contributed by atoms with van der Waals surface area (Å²) in [6, 6.07) is 0.397. The molecule has 0 bridgehead atoms. The first-order valence-corrected chi connectivity index (χ1v) is 8.38. The van der Waals surface area contributed by atoms with Crippen molar-refractivity contribution in [3.05, 3.63) is 16.1 Å². The molecule has 0 aromatic carbocycles. The Morgan fingerprint density at radius 3 is 2.61 bits per heavy atom. The minimum Gasteiger partial charge on any atom is -0.309 e. The van der Waals surface area contributed by atoms with Gasteiger partial charge >= 0.3 is 0 Å². The highest BCUT2D eigenvalue weighted by atomic mass is 32.1. The van der Waals surface area contributed by atoms with Crippen molar-refractivity contribution in [2.75, 3.05) is 6.54 Å². The first-order valence-electron chi connectivity index (χ1n) is 7.50. The third-order valence-corrected chi connectivity index (χ3v) is 4.97. The molecule has 0 spiro atoms. The van der Waals surface area contributed by atoms with Crippen LogP contribution in [0.4, 0.5) is 0 Å². The van der Waals surface area contributed by atoms with E-state index in [4.69, 9.17) is 4.98 Å². The highest BCUT2D eigenvalue weighted by Gasteiger charge is 2.18. The molecule has 0 aliphatic heterocycles. The molecule has 0 radical (unpaired) electrons. The predicted molar refractivity (Wildman–Crippen MR) is 79.3 cm³/mol. The average Bonchev–Trinajstić information content (AvgIpc) is 2.78. The third kappa shape index (κ3) is 3.79. The van der Waals surface area contributed by atoms with Gasteiger partial charge in [-0.2, -0.15) is 0 Å². The van der Waals surface area contributed by atoms with Crippen LogP contribution in [0.5, 0.6) is 0 Å². The van der Waals surface area contributed by atoms with Gasteiger partial charge < -0.3 is 5.32 Å². The molecule has 2 nitrogen and oxygen atoms in total. The number of nitrogens with zero attached hydrogens (tertiary/aromatic N) is 1. The smallest absolute Gasteiger partial charge is 0.0959 e. The second-order valence-electron chi connectivity index (χ2n) is 5.43. The zero-order chi connectivity index (χ0) is 12.8. The number of rotatable bonds is 4. The fraction of sp³-hybridized carbons (Fsp3) is 0.800. The Balaban J connectivity index is 1.98. The molecule has 2 rings (SSSR count). The summed E-state index contributed by atoms with van der Waals surface area (Å²) >= 11 is 1.88. The minimum atomic E-state index is 0.397. The first kappa shape index (κ1) is 14.0. The second kappa shape index (κ2) is 7.25. The van der Waals surface area contributed by atoms with Gasteiger partial charge in [-0.1, -0.05) is 39.0 Å². The number of nitrogens with one attached hydrogen (secondary N) is 1. The molecule has 0 saturated heterocycles. The molecule has 1 aliphatic rings. The molecule has 1 atom stereocenters. The van der Waals surface area contributed by atoms with Gasteiger partial charge in [0.15, 0.2) is 0 Å². The van der Waals surface area contributed by atoms with Gasteiger partial charge in [0.2, 0.25) is 0 Å². The number of hydrogen-bond acceptors (Lipinski definition) is 3. The molecule has 1 aliphatic carbocycles. The van der Waals surface area contributed by atoms with Crippen molar-refractivity contribution in [3.63, 3.8) is 0 Å². The summed E-state index contributed by atoms with van der Waals surface area (Å²) < 4.78 is 0. The molecule has 1 saturated carbocycles. The largest absolute Gasteiger partial charge is 0.309 e. The van der Waals surface area contributed by atoms with Gasteiger partial charge in [0.05, 0.1) is 10.7 Å². The van der Waals surface area contributed by atoms with E-state index in [1.54, 1.807) is 0 Å². The Labute approximate surface area is 115 Å². The summed E-state index contributed by atoms with van der Waals surface area (Å²) in [5, 5.41) is 7.08. The predicted octanol–water partition coefficient (Wildman–Crippen LogP) is 4.64. The number of aromatic nitrogens is 1. The highest BCUT2D eigenvalue weighted by Crippen LogP contribution is 2.33. The molecule has 18 heavy (non-hydrogen) atoms. The average molecular weight is 266 g/mol. The summed E-state index contributed by atoms with van der Waals surface area (Å²) in [6.07, 6.45) is 9.76. The zero-order valence-corrected chi connectivity index (χ0v) is 12.6.